The van der Waals surface area contributed by atoms with Crippen LogP contribution in [-0.4, -0.2) is 9.97 Å². The summed E-state index contributed by atoms with van der Waals surface area (Å²) in [7, 11) is 0. The molecule has 0 saturated carbocycles. The summed E-state index contributed by atoms with van der Waals surface area (Å²) in [5.41, 5.74) is 7.41. The van der Waals surface area contributed by atoms with Gasteiger partial charge in [-0.15, -0.1) is 0 Å². The molecule has 0 unspecified atom stereocenters. The molecule has 1 aromatic heterocycles. The molecular weight excluding hydrogens is 262 g/mol. The van der Waals surface area contributed by atoms with Gasteiger partial charge in [-0.25, -0.2) is 18.7 Å². The molecule has 3 rings (SSSR count). The van der Waals surface area contributed by atoms with Gasteiger partial charge in [0.15, 0.2) is 11.6 Å². The summed E-state index contributed by atoms with van der Waals surface area (Å²) in [4.78, 5) is 8.22. The van der Waals surface area contributed by atoms with Crippen molar-refractivity contribution in [2.45, 2.75) is 0 Å². The number of rotatable bonds is 2. The molecular formula is C14H10F2N4. The fourth-order valence-electron chi connectivity index (χ4n) is 1.88. The molecule has 0 atom stereocenters. The lowest BCUT2D eigenvalue weighted by molar-refractivity contribution is 0.509. The molecule has 3 aromatic rings. The fourth-order valence-corrected chi connectivity index (χ4v) is 1.88. The first-order chi connectivity index (χ1) is 9.63. The Balaban J connectivity index is 2.05. The maximum Gasteiger partial charge on any atom is 0.160 e. The first-order valence-electron chi connectivity index (χ1n) is 5.86. The summed E-state index contributed by atoms with van der Waals surface area (Å²) in [6.45, 7) is 0. The first kappa shape index (κ1) is 12.3. The number of nitrogens with one attached hydrogen (secondary N) is 1. The summed E-state index contributed by atoms with van der Waals surface area (Å²) in [5, 5.41) is 3.63. The number of hydrogen-bond acceptors (Lipinski definition) is 4. The number of fused-ring (bicyclic) bond motifs is 1. The quantitative estimate of drug-likeness (QED) is 0.703. The van der Waals surface area contributed by atoms with Crippen molar-refractivity contribution < 1.29 is 8.78 Å². The molecule has 0 aliphatic heterocycles. The highest BCUT2D eigenvalue weighted by atomic mass is 19.2. The number of aromatic nitrogens is 2. The Morgan fingerprint density at radius 2 is 1.80 bits per heavy atom. The molecule has 0 radical (unpaired) electrons. The number of nitrogens with two attached hydrogens (primary N) is 1. The molecule has 3 N–H and O–H groups in total. The summed E-state index contributed by atoms with van der Waals surface area (Å²) < 4.78 is 26.1. The van der Waals surface area contributed by atoms with Crippen LogP contribution in [0.2, 0.25) is 0 Å². The van der Waals surface area contributed by atoms with Gasteiger partial charge >= 0.3 is 0 Å². The van der Waals surface area contributed by atoms with Gasteiger partial charge in [0, 0.05) is 22.8 Å². The highest BCUT2D eigenvalue weighted by Gasteiger charge is 2.07. The minimum Gasteiger partial charge on any atom is -0.399 e. The number of nitrogens with zero attached hydrogens (tertiary/aromatic N) is 2. The van der Waals surface area contributed by atoms with Crippen LogP contribution < -0.4 is 11.1 Å². The zero-order valence-electron chi connectivity index (χ0n) is 10.3. The molecule has 0 fully saturated rings. The normalized spacial score (nSPS) is 10.7. The Morgan fingerprint density at radius 3 is 2.60 bits per heavy atom. The Bertz CT molecular complexity index is 789. The lowest BCUT2D eigenvalue weighted by Gasteiger charge is -2.09. The summed E-state index contributed by atoms with van der Waals surface area (Å²) in [6, 6.07) is 8.76. The summed E-state index contributed by atoms with van der Waals surface area (Å²) >= 11 is 0. The maximum absolute atomic E-state index is 13.2. The van der Waals surface area contributed by atoms with E-state index in [0.29, 0.717) is 28.1 Å². The van der Waals surface area contributed by atoms with E-state index in [1.165, 1.54) is 12.4 Å². The Labute approximate surface area is 113 Å². The molecule has 6 heteroatoms. The monoisotopic (exact) mass is 272 g/mol. The average Bonchev–Trinajstić information content (AvgIpc) is 2.44. The number of halogens is 2. The number of anilines is 3. The lowest BCUT2D eigenvalue weighted by Crippen LogP contribution is -1.98. The second-order valence-electron chi connectivity index (χ2n) is 4.25. The van der Waals surface area contributed by atoms with Crippen LogP contribution in [0.25, 0.3) is 10.9 Å². The predicted octanol–water partition coefficient (Wildman–Crippen LogP) is 3.23. The Kier molecular flexibility index (Phi) is 2.90. The third kappa shape index (κ3) is 2.23. The third-order valence-corrected chi connectivity index (χ3v) is 2.84. The van der Waals surface area contributed by atoms with Crippen molar-refractivity contribution in [3.8, 4) is 0 Å². The minimum absolute atomic E-state index is 0.395. The van der Waals surface area contributed by atoms with E-state index in [2.05, 4.69) is 15.3 Å². The molecule has 0 bridgehead atoms. The van der Waals surface area contributed by atoms with E-state index in [9.17, 15) is 8.78 Å². The zero-order valence-corrected chi connectivity index (χ0v) is 10.3. The minimum atomic E-state index is -0.923. The number of nitrogen functional groups attached to an aromatic ring is 1. The smallest absolute Gasteiger partial charge is 0.160 e. The third-order valence-electron chi connectivity index (χ3n) is 2.84. The SMILES string of the molecule is Nc1ccc2ncnc(Nc3ccc(F)c(F)c3)c2c1. The molecule has 0 saturated heterocycles. The summed E-state index contributed by atoms with van der Waals surface area (Å²) in [6.07, 6.45) is 1.39. The zero-order chi connectivity index (χ0) is 14.1. The highest BCUT2D eigenvalue weighted by molar-refractivity contribution is 5.92. The lowest BCUT2D eigenvalue weighted by atomic mass is 10.2. The van der Waals surface area contributed by atoms with E-state index in [-0.39, 0.29) is 0 Å². The highest BCUT2D eigenvalue weighted by Crippen LogP contribution is 2.25. The van der Waals surface area contributed by atoms with Gasteiger partial charge in [-0.3, -0.25) is 0 Å². The predicted molar refractivity (Wildman–Crippen MR) is 73.6 cm³/mol. The van der Waals surface area contributed by atoms with Gasteiger partial charge in [0.05, 0.1) is 5.52 Å². The van der Waals surface area contributed by atoms with Crippen LogP contribution in [0.5, 0.6) is 0 Å². The van der Waals surface area contributed by atoms with E-state index < -0.39 is 11.6 Å². The summed E-state index contributed by atoms with van der Waals surface area (Å²) in [5.74, 6) is -1.34. The van der Waals surface area contributed by atoms with Gasteiger partial charge in [-0.1, -0.05) is 0 Å². The second-order valence-corrected chi connectivity index (χ2v) is 4.25. The van der Waals surface area contributed by atoms with Gasteiger partial charge in [-0.2, -0.15) is 0 Å². The largest absolute Gasteiger partial charge is 0.399 e. The van der Waals surface area contributed by atoms with Crippen molar-refractivity contribution in [2.75, 3.05) is 11.1 Å². The van der Waals surface area contributed by atoms with Gasteiger partial charge in [0.1, 0.15) is 12.1 Å². The van der Waals surface area contributed by atoms with Crippen molar-refractivity contribution in [1.29, 1.82) is 0 Å². The van der Waals surface area contributed by atoms with Gasteiger partial charge in [-0.05, 0) is 30.3 Å². The molecule has 0 amide bonds. The maximum atomic E-state index is 13.2. The van der Waals surface area contributed by atoms with Crippen molar-refractivity contribution in [2.24, 2.45) is 0 Å². The van der Waals surface area contributed by atoms with Crippen LogP contribution in [0.3, 0.4) is 0 Å². The van der Waals surface area contributed by atoms with Crippen LogP contribution in [0.4, 0.5) is 26.0 Å². The molecule has 0 aliphatic rings. The van der Waals surface area contributed by atoms with Gasteiger partial charge < -0.3 is 11.1 Å². The van der Waals surface area contributed by atoms with Crippen LogP contribution in [0.15, 0.2) is 42.7 Å². The van der Waals surface area contributed by atoms with Gasteiger partial charge in [0.25, 0.3) is 0 Å². The Morgan fingerprint density at radius 1 is 0.950 bits per heavy atom. The second kappa shape index (κ2) is 4.73. The topological polar surface area (TPSA) is 63.8 Å². The van der Waals surface area contributed by atoms with Crippen molar-refractivity contribution >= 4 is 28.1 Å². The van der Waals surface area contributed by atoms with E-state index in [1.54, 1.807) is 18.2 Å². The first-order valence-corrected chi connectivity index (χ1v) is 5.86. The van der Waals surface area contributed by atoms with Crippen LogP contribution >= 0.6 is 0 Å². The van der Waals surface area contributed by atoms with Crippen LogP contribution in [0, 0.1) is 11.6 Å². The van der Waals surface area contributed by atoms with Crippen molar-refractivity contribution in [3.05, 3.63) is 54.4 Å². The number of hydrogen-bond donors (Lipinski definition) is 2. The average molecular weight is 272 g/mol. The van der Waals surface area contributed by atoms with E-state index in [1.807, 2.05) is 0 Å². The molecule has 100 valence electrons. The van der Waals surface area contributed by atoms with E-state index in [4.69, 9.17) is 5.73 Å². The number of benzene rings is 2. The molecule has 20 heavy (non-hydrogen) atoms. The van der Waals surface area contributed by atoms with Crippen LogP contribution in [-0.2, 0) is 0 Å². The van der Waals surface area contributed by atoms with Crippen molar-refractivity contribution in [3.63, 3.8) is 0 Å². The molecule has 1 heterocycles. The van der Waals surface area contributed by atoms with Crippen molar-refractivity contribution in [1.82, 2.24) is 9.97 Å². The van der Waals surface area contributed by atoms with Crippen LogP contribution in [0.1, 0.15) is 0 Å². The standard InChI is InChI=1S/C14H10F2N4/c15-11-3-2-9(6-12(11)16)20-14-10-5-8(17)1-4-13(10)18-7-19-14/h1-7H,17H2,(H,18,19,20). The molecule has 0 aliphatic carbocycles. The molecule has 4 nitrogen and oxygen atoms in total. The van der Waals surface area contributed by atoms with Gasteiger partial charge in [0.2, 0.25) is 0 Å². The fraction of sp³-hybridized carbons (Fsp3) is 0. The van der Waals surface area contributed by atoms with E-state index >= 15 is 0 Å². The Hall–Kier alpha value is -2.76. The molecule has 2 aromatic carbocycles. The molecule has 0 spiro atoms. The van der Waals surface area contributed by atoms with E-state index in [0.717, 1.165) is 12.1 Å².